The van der Waals surface area contributed by atoms with Crippen LogP contribution in [0.25, 0.3) is 0 Å². The maximum absolute atomic E-state index is 12.0. The minimum atomic E-state index is 0.0177. The van der Waals surface area contributed by atoms with E-state index < -0.39 is 0 Å². The summed E-state index contributed by atoms with van der Waals surface area (Å²) >= 11 is 0. The van der Waals surface area contributed by atoms with Gasteiger partial charge >= 0.3 is 0 Å². The van der Waals surface area contributed by atoms with Crippen LogP contribution in [0.1, 0.15) is 22.5 Å². The largest absolute Gasteiger partial charge is 0.497 e. The molecule has 0 fully saturated rings. The molecule has 4 heteroatoms. The number of hydrogen-bond donors (Lipinski definition) is 1. The van der Waals surface area contributed by atoms with Crippen molar-refractivity contribution in [3.63, 3.8) is 0 Å². The number of benzene rings is 1. The lowest BCUT2D eigenvalue weighted by atomic mass is 10.1. The van der Waals surface area contributed by atoms with Gasteiger partial charge in [-0.3, -0.25) is 4.79 Å². The van der Waals surface area contributed by atoms with Gasteiger partial charge in [-0.25, -0.2) is 0 Å². The zero-order chi connectivity index (χ0) is 15.4. The van der Waals surface area contributed by atoms with Crippen LogP contribution < -0.4 is 10.1 Å². The third-order valence-corrected chi connectivity index (χ3v) is 3.85. The molecule has 1 aromatic carbocycles. The molecule has 21 heavy (non-hydrogen) atoms. The Balaban J connectivity index is 1.94. The van der Waals surface area contributed by atoms with Gasteiger partial charge in [0, 0.05) is 25.0 Å². The fraction of sp³-hybridized carbons (Fsp3) is 0.353. The number of aryl methyl sites for hydroxylation is 1. The van der Waals surface area contributed by atoms with Crippen molar-refractivity contribution in [3.05, 3.63) is 52.8 Å². The van der Waals surface area contributed by atoms with Gasteiger partial charge in [-0.15, -0.1) is 0 Å². The van der Waals surface area contributed by atoms with Gasteiger partial charge in [0.2, 0.25) is 5.91 Å². The molecule has 0 aliphatic carbocycles. The summed E-state index contributed by atoms with van der Waals surface area (Å²) in [5.41, 5.74) is 4.50. The quantitative estimate of drug-likeness (QED) is 0.917. The Morgan fingerprint density at radius 1 is 1.29 bits per heavy atom. The van der Waals surface area contributed by atoms with E-state index in [-0.39, 0.29) is 5.91 Å². The molecule has 0 saturated carbocycles. The Kier molecular flexibility index (Phi) is 4.68. The van der Waals surface area contributed by atoms with Crippen LogP contribution in [0.15, 0.2) is 30.3 Å². The molecule has 2 rings (SSSR count). The highest BCUT2D eigenvalue weighted by molar-refractivity contribution is 5.78. The summed E-state index contributed by atoms with van der Waals surface area (Å²) in [5, 5.41) is 2.97. The van der Waals surface area contributed by atoms with Crippen molar-refractivity contribution in [1.29, 1.82) is 0 Å². The van der Waals surface area contributed by atoms with Crippen molar-refractivity contribution < 1.29 is 9.53 Å². The summed E-state index contributed by atoms with van der Waals surface area (Å²) in [6.07, 6.45) is 0.363. The molecule has 1 N–H and O–H groups in total. The third-order valence-electron chi connectivity index (χ3n) is 3.85. The lowest BCUT2D eigenvalue weighted by Gasteiger charge is -2.07. The van der Waals surface area contributed by atoms with Crippen molar-refractivity contribution in [2.24, 2.45) is 7.05 Å². The van der Waals surface area contributed by atoms with Gasteiger partial charge in [-0.2, -0.15) is 0 Å². The van der Waals surface area contributed by atoms with Crippen LogP contribution in [0, 0.1) is 13.8 Å². The number of methoxy groups -OCH3 is 1. The van der Waals surface area contributed by atoms with Crippen LogP contribution in [0.2, 0.25) is 0 Å². The molecule has 0 aliphatic rings. The summed E-state index contributed by atoms with van der Waals surface area (Å²) in [6.45, 7) is 4.70. The number of hydrogen-bond acceptors (Lipinski definition) is 2. The van der Waals surface area contributed by atoms with E-state index in [0.29, 0.717) is 13.0 Å². The molecule has 0 atom stereocenters. The second-order valence-corrected chi connectivity index (χ2v) is 5.26. The van der Waals surface area contributed by atoms with Gasteiger partial charge < -0.3 is 14.6 Å². The zero-order valence-electron chi connectivity index (χ0n) is 13.1. The second kappa shape index (κ2) is 6.48. The molecule has 0 saturated heterocycles. The number of nitrogens with one attached hydrogen (secondary N) is 1. The molecular formula is C17H22N2O2. The summed E-state index contributed by atoms with van der Waals surface area (Å²) in [6, 6.07) is 9.70. The van der Waals surface area contributed by atoms with Gasteiger partial charge in [0.25, 0.3) is 0 Å². The first-order chi connectivity index (χ1) is 10.0. The molecule has 1 heterocycles. The Morgan fingerprint density at radius 2 is 2.05 bits per heavy atom. The highest BCUT2D eigenvalue weighted by atomic mass is 16.5. The van der Waals surface area contributed by atoms with Crippen molar-refractivity contribution in [3.8, 4) is 5.75 Å². The maximum atomic E-state index is 12.0. The number of ether oxygens (including phenoxy) is 1. The number of rotatable bonds is 5. The number of amides is 1. The van der Waals surface area contributed by atoms with Gasteiger partial charge in [-0.05, 0) is 43.2 Å². The number of aromatic nitrogens is 1. The predicted octanol–water partition coefficient (Wildman–Crippen LogP) is 2.51. The first kappa shape index (κ1) is 15.2. The van der Waals surface area contributed by atoms with Crippen molar-refractivity contribution >= 4 is 5.91 Å². The lowest BCUT2D eigenvalue weighted by Crippen LogP contribution is -2.24. The molecule has 0 bridgehead atoms. The summed E-state index contributed by atoms with van der Waals surface area (Å²) < 4.78 is 7.29. The van der Waals surface area contributed by atoms with Gasteiger partial charge in [0.15, 0.2) is 0 Å². The molecule has 0 radical (unpaired) electrons. The second-order valence-electron chi connectivity index (χ2n) is 5.26. The fourth-order valence-corrected chi connectivity index (χ4v) is 2.34. The summed E-state index contributed by atoms with van der Waals surface area (Å²) in [4.78, 5) is 12.0. The number of carbonyl (C=O) groups is 1. The van der Waals surface area contributed by atoms with E-state index in [2.05, 4.69) is 29.8 Å². The lowest BCUT2D eigenvalue weighted by molar-refractivity contribution is -0.120. The maximum Gasteiger partial charge on any atom is 0.224 e. The Hall–Kier alpha value is -2.23. The van der Waals surface area contributed by atoms with E-state index >= 15 is 0 Å². The normalized spacial score (nSPS) is 10.5. The topological polar surface area (TPSA) is 43.3 Å². The molecule has 2 aromatic rings. The van der Waals surface area contributed by atoms with Crippen LogP contribution in [-0.2, 0) is 24.8 Å². The molecule has 1 aromatic heterocycles. The van der Waals surface area contributed by atoms with Crippen LogP contribution in [0.3, 0.4) is 0 Å². The fourth-order valence-electron chi connectivity index (χ4n) is 2.34. The van der Waals surface area contributed by atoms with Crippen LogP contribution in [-0.4, -0.2) is 17.6 Å². The van der Waals surface area contributed by atoms with E-state index in [0.717, 1.165) is 16.9 Å². The molecule has 4 nitrogen and oxygen atoms in total. The van der Waals surface area contributed by atoms with Crippen molar-refractivity contribution in [2.75, 3.05) is 7.11 Å². The first-order valence-electron chi connectivity index (χ1n) is 7.02. The van der Waals surface area contributed by atoms with Gasteiger partial charge in [-0.1, -0.05) is 12.1 Å². The minimum Gasteiger partial charge on any atom is -0.497 e. The van der Waals surface area contributed by atoms with E-state index in [4.69, 9.17) is 4.74 Å². The van der Waals surface area contributed by atoms with E-state index in [1.807, 2.05) is 31.3 Å². The minimum absolute atomic E-state index is 0.0177. The molecule has 0 spiro atoms. The highest BCUT2D eigenvalue weighted by Crippen LogP contribution is 2.14. The van der Waals surface area contributed by atoms with E-state index in [9.17, 15) is 4.79 Å². The molecule has 1 amide bonds. The Bertz CT molecular complexity index is 644. The van der Waals surface area contributed by atoms with Crippen LogP contribution >= 0.6 is 0 Å². The van der Waals surface area contributed by atoms with E-state index in [1.54, 1.807) is 7.11 Å². The van der Waals surface area contributed by atoms with Crippen molar-refractivity contribution in [1.82, 2.24) is 9.88 Å². The predicted molar refractivity (Wildman–Crippen MR) is 83.4 cm³/mol. The molecule has 112 valence electrons. The standard InChI is InChI=1S/C17H22N2O2/c1-12-8-15(13(2)19(12)3)11-18-17(20)10-14-6-5-7-16(9-14)21-4/h5-9H,10-11H2,1-4H3,(H,18,20). The average Bonchev–Trinajstić information content (AvgIpc) is 2.72. The zero-order valence-corrected chi connectivity index (χ0v) is 13.1. The number of carbonyl (C=O) groups excluding carboxylic acids is 1. The highest BCUT2D eigenvalue weighted by Gasteiger charge is 2.08. The Labute approximate surface area is 125 Å². The first-order valence-corrected chi connectivity index (χ1v) is 7.02. The van der Waals surface area contributed by atoms with Gasteiger partial charge in [0.1, 0.15) is 5.75 Å². The van der Waals surface area contributed by atoms with Gasteiger partial charge in [0.05, 0.1) is 13.5 Å². The summed E-state index contributed by atoms with van der Waals surface area (Å²) in [7, 11) is 3.66. The van der Waals surface area contributed by atoms with Crippen LogP contribution in [0.5, 0.6) is 5.75 Å². The molecule has 0 aliphatic heterocycles. The number of nitrogens with zero attached hydrogens (tertiary/aromatic N) is 1. The molecule has 0 unspecified atom stereocenters. The average molecular weight is 286 g/mol. The smallest absolute Gasteiger partial charge is 0.224 e. The van der Waals surface area contributed by atoms with Crippen molar-refractivity contribution in [2.45, 2.75) is 26.8 Å². The third kappa shape index (κ3) is 3.66. The Morgan fingerprint density at radius 3 is 2.67 bits per heavy atom. The van der Waals surface area contributed by atoms with Crippen LogP contribution in [0.4, 0.5) is 0 Å². The summed E-state index contributed by atoms with van der Waals surface area (Å²) in [5.74, 6) is 0.791. The van der Waals surface area contributed by atoms with E-state index in [1.165, 1.54) is 11.4 Å². The molecular weight excluding hydrogens is 264 g/mol. The SMILES string of the molecule is COc1cccc(CC(=O)NCc2cc(C)n(C)c2C)c1. The monoisotopic (exact) mass is 286 g/mol.